The highest BCUT2D eigenvalue weighted by atomic mass is 32.2. The summed E-state index contributed by atoms with van der Waals surface area (Å²) in [5.74, 6) is -0.679. The summed E-state index contributed by atoms with van der Waals surface area (Å²) in [6.45, 7) is 6.25. The summed E-state index contributed by atoms with van der Waals surface area (Å²) in [7, 11) is -3.60. The smallest absolute Gasteiger partial charge is 0.291 e. The maximum absolute atomic E-state index is 13.1. The fraction of sp³-hybridized carbons (Fsp3) is 0.360. The van der Waals surface area contributed by atoms with Gasteiger partial charge in [0.25, 0.3) is 5.91 Å². The van der Waals surface area contributed by atoms with Crippen molar-refractivity contribution in [3.05, 3.63) is 69.6 Å². The van der Waals surface area contributed by atoms with Gasteiger partial charge in [0.05, 0.1) is 10.3 Å². The molecule has 2 aromatic carbocycles. The molecule has 1 aliphatic heterocycles. The number of nitrogens with zero attached hydrogens (tertiary/aromatic N) is 1. The second-order valence-electron chi connectivity index (χ2n) is 8.59. The third-order valence-corrected chi connectivity index (χ3v) is 8.11. The highest BCUT2D eigenvalue weighted by molar-refractivity contribution is 7.89. The first-order valence-electron chi connectivity index (χ1n) is 11.2. The van der Waals surface area contributed by atoms with E-state index in [1.54, 1.807) is 22.5 Å². The van der Waals surface area contributed by atoms with Crippen molar-refractivity contribution >= 4 is 32.6 Å². The molecule has 1 atom stereocenters. The summed E-state index contributed by atoms with van der Waals surface area (Å²) >= 11 is 0. The van der Waals surface area contributed by atoms with Crippen LogP contribution >= 0.6 is 0 Å². The number of hydrogen-bond acceptors (Lipinski definition) is 5. The molecule has 1 aliphatic rings. The van der Waals surface area contributed by atoms with E-state index >= 15 is 0 Å². The lowest BCUT2D eigenvalue weighted by Gasteiger charge is -2.34. The van der Waals surface area contributed by atoms with Crippen LogP contribution in [0.25, 0.3) is 11.0 Å². The summed E-state index contributed by atoms with van der Waals surface area (Å²) in [4.78, 5) is 25.4. The van der Waals surface area contributed by atoms with Crippen LogP contribution in [-0.4, -0.2) is 31.2 Å². The molecule has 0 aliphatic carbocycles. The minimum Gasteiger partial charge on any atom is -0.450 e. The lowest BCUT2D eigenvalue weighted by Crippen LogP contribution is -2.43. The number of amides is 1. The molecule has 174 valence electrons. The predicted octanol–water partition coefficient (Wildman–Crippen LogP) is 4.62. The van der Waals surface area contributed by atoms with Gasteiger partial charge in [0.15, 0.2) is 11.2 Å². The zero-order valence-electron chi connectivity index (χ0n) is 19.1. The Balaban J connectivity index is 1.56. The molecule has 3 aromatic rings. The predicted molar refractivity (Wildman–Crippen MR) is 128 cm³/mol. The molecule has 4 rings (SSSR count). The van der Waals surface area contributed by atoms with Crippen LogP contribution in [0.2, 0.25) is 0 Å². The molecule has 0 saturated carbocycles. The number of fused-ring (bicyclic) bond motifs is 1. The van der Waals surface area contributed by atoms with Gasteiger partial charge >= 0.3 is 0 Å². The van der Waals surface area contributed by atoms with E-state index in [2.05, 4.69) is 5.32 Å². The van der Waals surface area contributed by atoms with Crippen LogP contribution in [-0.2, 0) is 10.0 Å². The van der Waals surface area contributed by atoms with Crippen LogP contribution < -0.4 is 10.7 Å². The zero-order valence-corrected chi connectivity index (χ0v) is 19.9. The van der Waals surface area contributed by atoms with E-state index in [0.717, 1.165) is 36.8 Å². The molecule has 1 unspecified atom stereocenters. The normalized spacial score (nSPS) is 17.2. The Kier molecular flexibility index (Phi) is 6.41. The van der Waals surface area contributed by atoms with Gasteiger partial charge in [-0.1, -0.05) is 19.4 Å². The third-order valence-electron chi connectivity index (χ3n) is 6.15. The lowest BCUT2D eigenvalue weighted by atomic mass is 10.0. The molecule has 0 spiro atoms. The Hall–Kier alpha value is -2.97. The molecule has 1 aromatic heterocycles. The monoisotopic (exact) mass is 468 g/mol. The van der Waals surface area contributed by atoms with Gasteiger partial charge < -0.3 is 9.73 Å². The summed E-state index contributed by atoms with van der Waals surface area (Å²) in [6.07, 6.45) is 3.56. The maximum atomic E-state index is 13.1. The Morgan fingerprint density at radius 1 is 1.12 bits per heavy atom. The van der Waals surface area contributed by atoms with Crippen molar-refractivity contribution in [2.75, 3.05) is 11.9 Å². The van der Waals surface area contributed by atoms with Crippen LogP contribution in [0.3, 0.4) is 0 Å². The van der Waals surface area contributed by atoms with E-state index in [-0.39, 0.29) is 22.1 Å². The molecule has 8 heteroatoms. The van der Waals surface area contributed by atoms with E-state index in [1.807, 2.05) is 26.8 Å². The SMILES string of the molecule is CCC1CCCCN1S(=O)(=O)c1ccc(NC(=O)c2cc(=O)c3cc(C)cc(C)c3o2)cc1. The topological polar surface area (TPSA) is 96.7 Å². The molecule has 0 radical (unpaired) electrons. The third kappa shape index (κ3) is 4.58. The zero-order chi connectivity index (χ0) is 23.8. The number of hydrogen-bond donors (Lipinski definition) is 1. The second-order valence-corrected chi connectivity index (χ2v) is 10.5. The van der Waals surface area contributed by atoms with Crippen molar-refractivity contribution in [3.8, 4) is 0 Å². The molecule has 1 fully saturated rings. The molecule has 2 heterocycles. The number of piperidine rings is 1. The molecular formula is C25H28N2O5S. The van der Waals surface area contributed by atoms with Gasteiger partial charge in [-0.05, 0) is 74.6 Å². The molecule has 0 bridgehead atoms. The van der Waals surface area contributed by atoms with Crippen LogP contribution in [0.5, 0.6) is 0 Å². The molecule has 1 N–H and O–H groups in total. The van der Waals surface area contributed by atoms with Crippen molar-refractivity contribution in [2.45, 2.75) is 57.4 Å². The standard InChI is InChI=1S/C25H28N2O5S/c1-4-19-7-5-6-12-27(19)33(30,31)20-10-8-18(9-11-20)26-25(29)23-15-22(28)21-14-16(2)13-17(3)24(21)32-23/h8-11,13-15,19H,4-7,12H2,1-3H3,(H,26,29). The van der Waals surface area contributed by atoms with Gasteiger partial charge in [-0.15, -0.1) is 0 Å². The molecule has 1 saturated heterocycles. The molecule has 7 nitrogen and oxygen atoms in total. The van der Waals surface area contributed by atoms with Gasteiger partial charge in [0, 0.05) is 24.3 Å². The largest absolute Gasteiger partial charge is 0.450 e. The van der Waals surface area contributed by atoms with Crippen molar-refractivity contribution in [2.24, 2.45) is 0 Å². The average Bonchev–Trinajstić information content (AvgIpc) is 2.80. The maximum Gasteiger partial charge on any atom is 0.291 e. The van der Waals surface area contributed by atoms with Gasteiger partial charge in [-0.25, -0.2) is 8.42 Å². The van der Waals surface area contributed by atoms with Crippen LogP contribution in [0.1, 0.15) is 54.3 Å². The summed E-state index contributed by atoms with van der Waals surface area (Å²) < 4.78 is 33.6. The van der Waals surface area contributed by atoms with Gasteiger partial charge in [0.1, 0.15) is 5.58 Å². The average molecular weight is 469 g/mol. The Morgan fingerprint density at radius 2 is 1.85 bits per heavy atom. The van der Waals surface area contributed by atoms with Crippen molar-refractivity contribution in [1.29, 1.82) is 0 Å². The minimum atomic E-state index is -3.60. The fourth-order valence-electron chi connectivity index (χ4n) is 4.46. The van der Waals surface area contributed by atoms with Crippen LogP contribution in [0.4, 0.5) is 5.69 Å². The van der Waals surface area contributed by atoms with E-state index in [0.29, 0.717) is 23.2 Å². The Bertz CT molecular complexity index is 1360. The number of rotatable bonds is 5. The first kappa shape index (κ1) is 23.2. The highest BCUT2D eigenvalue weighted by Crippen LogP contribution is 2.28. The van der Waals surface area contributed by atoms with Crippen molar-refractivity contribution < 1.29 is 17.6 Å². The van der Waals surface area contributed by atoms with Crippen molar-refractivity contribution in [3.63, 3.8) is 0 Å². The fourth-order valence-corrected chi connectivity index (χ4v) is 6.22. The number of nitrogens with one attached hydrogen (secondary N) is 1. The summed E-state index contributed by atoms with van der Waals surface area (Å²) in [5, 5.41) is 3.11. The number of carbonyl (C=O) groups is 1. The van der Waals surface area contributed by atoms with Crippen molar-refractivity contribution in [1.82, 2.24) is 4.31 Å². The van der Waals surface area contributed by atoms with Gasteiger partial charge in [0.2, 0.25) is 10.0 Å². The molecular weight excluding hydrogens is 440 g/mol. The highest BCUT2D eigenvalue weighted by Gasteiger charge is 2.32. The lowest BCUT2D eigenvalue weighted by molar-refractivity contribution is 0.0997. The molecule has 1 amide bonds. The number of aryl methyl sites for hydroxylation is 2. The Morgan fingerprint density at radius 3 is 2.55 bits per heavy atom. The Labute approximate surface area is 193 Å². The second kappa shape index (κ2) is 9.11. The number of carbonyl (C=O) groups excluding carboxylic acids is 1. The number of sulfonamides is 1. The first-order chi connectivity index (χ1) is 15.7. The van der Waals surface area contributed by atoms with E-state index in [9.17, 15) is 18.0 Å². The van der Waals surface area contributed by atoms with Crippen LogP contribution in [0.15, 0.2) is 56.6 Å². The summed E-state index contributed by atoms with van der Waals surface area (Å²) in [5.41, 5.74) is 2.21. The quantitative estimate of drug-likeness (QED) is 0.590. The number of benzene rings is 2. The minimum absolute atomic E-state index is 0.0196. The van der Waals surface area contributed by atoms with Crippen LogP contribution in [0, 0.1) is 13.8 Å². The van der Waals surface area contributed by atoms with E-state index in [4.69, 9.17) is 4.42 Å². The molecule has 33 heavy (non-hydrogen) atoms. The van der Waals surface area contributed by atoms with Gasteiger partial charge in [-0.3, -0.25) is 9.59 Å². The van der Waals surface area contributed by atoms with E-state index < -0.39 is 15.9 Å². The van der Waals surface area contributed by atoms with Gasteiger partial charge in [-0.2, -0.15) is 4.31 Å². The number of anilines is 1. The first-order valence-corrected chi connectivity index (χ1v) is 12.6. The van der Waals surface area contributed by atoms with E-state index in [1.165, 1.54) is 18.2 Å². The summed E-state index contributed by atoms with van der Waals surface area (Å²) in [6, 6.07) is 10.9.